The van der Waals surface area contributed by atoms with Crippen molar-refractivity contribution in [2.45, 2.75) is 25.2 Å². The third-order valence-corrected chi connectivity index (χ3v) is 4.12. The van der Waals surface area contributed by atoms with Gasteiger partial charge in [-0.25, -0.2) is 0 Å². The molecule has 6 heteroatoms. The number of carbonyl (C=O) groups is 2. The number of likely N-dealkylation sites (tertiary alicyclic amines) is 1. The lowest BCUT2D eigenvalue weighted by atomic mass is 9.94. The third kappa shape index (κ3) is 2.34. The molecule has 2 heterocycles. The van der Waals surface area contributed by atoms with E-state index in [0.29, 0.717) is 18.9 Å². The molecule has 1 aliphatic heterocycles. The van der Waals surface area contributed by atoms with Crippen molar-refractivity contribution in [1.29, 1.82) is 0 Å². The van der Waals surface area contributed by atoms with E-state index in [1.54, 1.807) is 6.20 Å². The van der Waals surface area contributed by atoms with Gasteiger partial charge in [-0.2, -0.15) is 5.10 Å². The zero-order valence-electron chi connectivity index (χ0n) is 10.6. The molecule has 1 saturated heterocycles. The summed E-state index contributed by atoms with van der Waals surface area (Å²) in [5.74, 6) is -1.29. The number of hydrogen-bond acceptors (Lipinski definition) is 3. The lowest BCUT2D eigenvalue weighted by Gasteiger charge is -2.32. The standard InChI is InChI=1S/C13H17N3O3/c17-12(9-6-10(9)13(18)19)16-5-1-2-8(7-16)11-3-4-14-15-11/h3-4,8-10H,1-2,5-7H2,(H,14,15)(H,18,19). The predicted octanol–water partition coefficient (Wildman–Crippen LogP) is 0.836. The minimum absolute atomic E-state index is 0.0108. The van der Waals surface area contributed by atoms with E-state index in [1.807, 2.05) is 11.0 Å². The minimum Gasteiger partial charge on any atom is -0.481 e. The highest BCUT2D eigenvalue weighted by atomic mass is 16.4. The number of aromatic amines is 1. The molecule has 0 aromatic carbocycles. The summed E-state index contributed by atoms with van der Waals surface area (Å²) in [5.41, 5.74) is 1.06. The van der Waals surface area contributed by atoms with Crippen LogP contribution in [0, 0.1) is 11.8 Å². The number of carbonyl (C=O) groups excluding carboxylic acids is 1. The molecule has 1 aromatic heterocycles. The molecule has 102 valence electrons. The highest BCUT2D eigenvalue weighted by Crippen LogP contribution is 2.41. The molecule has 1 saturated carbocycles. The number of piperidine rings is 1. The number of aromatic nitrogens is 2. The van der Waals surface area contributed by atoms with Gasteiger partial charge in [0.25, 0.3) is 0 Å². The van der Waals surface area contributed by atoms with E-state index in [4.69, 9.17) is 5.11 Å². The van der Waals surface area contributed by atoms with Gasteiger partial charge in [-0.05, 0) is 25.3 Å². The van der Waals surface area contributed by atoms with Crippen molar-refractivity contribution in [3.05, 3.63) is 18.0 Å². The molecule has 2 fully saturated rings. The molecule has 0 radical (unpaired) electrons. The van der Waals surface area contributed by atoms with Gasteiger partial charge in [0.2, 0.25) is 5.91 Å². The van der Waals surface area contributed by atoms with Crippen LogP contribution in [-0.4, -0.2) is 45.2 Å². The maximum atomic E-state index is 12.2. The van der Waals surface area contributed by atoms with Crippen LogP contribution in [0.5, 0.6) is 0 Å². The fourth-order valence-corrected chi connectivity index (χ4v) is 2.90. The van der Waals surface area contributed by atoms with Crippen molar-refractivity contribution in [2.24, 2.45) is 11.8 Å². The summed E-state index contributed by atoms with van der Waals surface area (Å²) in [6.45, 7) is 1.41. The van der Waals surface area contributed by atoms with Crippen LogP contribution in [0.4, 0.5) is 0 Å². The second-order valence-corrected chi connectivity index (χ2v) is 5.42. The van der Waals surface area contributed by atoms with E-state index < -0.39 is 11.9 Å². The fraction of sp³-hybridized carbons (Fsp3) is 0.615. The summed E-state index contributed by atoms with van der Waals surface area (Å²) in [6.07, 6.45) is 4.22. The Balaban J connectivity index is 1.63. The van der Waals surface area contributed by atoms with Crippen LogP contribution >= 0.6 is 0 Å². The number of nitrogens with one attached hydrogen (secondary N) is 1. The van der Waals surface area contributed by atoms with E-state index in [1.165, 1.54) is 0 Å². The molecular formula is C13H17N3O3. The number of H-pyrrole nitrogens is 1. The van der Waals surface area contributed by atoms with Gasteiger partial charge >= 0.3 is 5.97 Å². The summed E-state index contributed by atoms with van der Waals surface area (Å²) < 4.78 is 0. The van der Waals surface area contributed by atoms with Gasteiger partial charge in [0, 0.05) is 30.9 Å². The quantitative estimate of drug-likeness (QED) is 0.846. The van der Waals surface area contributed by atoms with E-state index in [-0.39, 0.29) is 11.8 Å². The van der Waals surface area contributed by atoms with Crippen LogP contribution in [0.15, 0.2) is 12.3 Å². The van der Waals surface area contributed by atoms with Crippen molar-refractivity contribution >= 4 is 11.9 Å². The van der Waals surface area contributed by atoms with Crippen molar-refractivity contribution < 1.29 is 14.7 Å². The number of aliphatic carboxylic acids is 1. The number of amides is 1. The average molecular weight is 263 g/mol. The van der Waals surface area contributed by atoms with Gasteiger partial charge in [-0.15, -0.1) is 0 Å². The van der Waals surface area contributed by atoms with Gasteiger partial charge in [0.05, 0.1) is 11.8 Å². The van der Waals surface area contributed by atoms with Crippen LogP contribution in [0.1, 0.15) is 30.9 Å². The molecular weight excluding hydrogens is 246 g/mol. The first-order valence-corrected chi connectivity index (χ1v) is 6.67. The predicted molar refractivity (Wildman–Crippen MR) is 66.4 cm³/mol. The van der Waals surface area contributed by atoms with Crippen LogP contribution in [-0.2, 0) is 9.59 Å². The second kappa shape index (κ2) is 4.68. The molecule has 3 atom stereocenters. The zero-order chi connectivity index (χ0) is 13.4. The average Bonchev–Trinajstić information content (AvgIpc) is 3.04. The normalized spacial score (nSPS) is 30.1. The largest absolute Gasteiger partial charge is 0.481 e. The summed E-state index contributed by atoms with van der Waals surface area (Å²) in [5, 5.41) is 15.8. The molecule has 3 rings (SSSR count). The van der Waals surface area contributed by atoms with E-state index in [9.17, 15) is 9.59 Å². The zero-order valence-corrected chi connectivity index (χ0v) is 10.6. The maximum Gasteiger partial charge on any atom is 0.307 e. The van der Waals surface area contributed by atoms with Crippen LogP contribution < -0.4 is 0 Å². The number of carboxylic acid groups (broad SMARTS) is 1. The third-order valence-electron chi connectivity index (χ3n) is 4.12. The molecule has 6 nitrogen and oxygen atoms in total. The van der Waals surface area contributed by atoms with E-state index in [0.717, 1.165) is 25.1 Å². The topological polar surface area (TPSA) is 86.3 Å². The SMILES string of the molecule is O=C(O)C1CC1C(=O)N1CCCC(c2ccn[nH]2)C1. The van der Waals surface area contributed by atoms with Gasteiger partial charge in [0.15, 0.2) is 0 Å². The van der Waals surface area contributed by atoms with Crippen molar-refractivity contribution in [1.82, 2.24) is 15.1 Å². The Bertz CT molecular complexity index is 485. The summed E-state index contributed by atoms with van der Waals surface area (Å²) >= 11 is 0. The number of nitrogens with zero attached hydrogens (tertiary/aromatic N) is 2. The van der Waals surface area contributed by atoms with Gasteiger partial charge in [0.1, 0.15) is 0 Å². The van der Waals surface area contributed by atoms with Gasteiger partial charge in [-0.1, -0.05) is 0 Å². The van der Waals surface area contributed by atoms with Crippen molar-refractivity contribution in [3.63, 3.8) is 0 Å². The van der Waals surface area contributed by atoms with Crippen LogP contribution in [0.3, 0.4) is 0 Å². The molecule has 1 aromatic rings. The Morgan fingerprint density at radius 3 is 2.89 bits per heavy atom. The summed E-state index contributed by atoms with van der Waals surface area (Å²) in [6, 6.07) is 1.94. The highest BCUT2D eigenvalue weighted by Gasteiger charge is 2.50. The van der Waals surface area contributed by atoms with Crippen LogP contribution in [0.25, 0.3) is 0 Å². The minimum atomic E-state index is -0.847. The first kappa shape index (κ1) is 12.2. The first-order chi connectivity index (χ1) is 9.16. The Morgan fingerprint density at radius 2 is 2.26 bits per heavy atom. The molecule has 0 spiro atoms. The van der Waals surface area contributed by atoms with E-state index in [2.05, 4.69) is 10.2 Å². The van der Waals surface area contributed by atoms with Crippen molar-refractivity contribution in [3.8, 4) is 0 Å². The maximum absolute atomic E-state index is 12.2. The molecule has 1 amide bonds. The Kier molecular flexibility index (Phi) is 3.00. The first-order valence-electron chi connectivity index (χ1n) is 6.67. The summed E-state index contributed by atoms with van der Waals surface area (Å²) in [7, 11) is 0. The number of carboxylic acids is 1. The lowest BCUT2D eigenvalue weighted by molar-refractivity contribution is -0.142. The Morgan fingerprint density at radius 1 is 1.42 bits per heavy atom. The van der Waals surface area contributed by atoms with Crippen LogP contribution in [0.2, 0.25) is 0 Å². The summed E-state index contributed by atoms with van der Waals surface area (Å²) in [4.78, 5) is 24.9. The second-order valence-electron chi connectivity index (χ2n) is 5.42. The van der Waals surface area contributed by atoms with Gasteiger partial charge < -0.3 is 10.0 Å². The molecule has 3 unspecified atom stereocenters. The molecule has 0 bridgehead atoms. The molecule has 1 aliphatic carbocycles. The monoisotopic (exact) mass is 263 g/mol. The van der Waals surface area contributed by atoms with Gasteiger partial charge in [-0.3, -0.25) is 14.7 Å². The Hall–Kier alpha value is -1.85. The molecule has 19 heavy (non-hydrogen) atoms. The number of hydrogen-bond donors (Lipinski definition) is 2. The molecule has 2 N–H and O–H groups in total. The van der Waals surface area contributed by atoms with Crippen molar-refractivity contribution in [2.75, 3.05) is 13.1 Å². The lowest BCUT2D eigenvalue weighted by Crippen LogP contribution is -2.40. The Labute approximate surface area is 110 Å². The van der Waals surface area contributed by atoms with E-state index >= 15 is 0 Å². The molecule has 2 aliphatic rings. The smallest absolute Gasteiger partial charge is 0.307 e. The number of rotatable bonds is 3. The fourth-order valence-electron chi connectivity index (χ4n) is 2.90. The highest BCUT2D eigenvalue weighted by molar-refractivity contribution is 5.89.